The number of nitrogens with zero attached hydrogens (tertiary/aromatic N) is 2. The first-order valence-corrected chi connectivity index (χ1v) is 8.04. The van der Waals surface area contributed by atoms with E-state index in [0.717, 1.165) is 17.4 Å². The van der Waals surface area contributed by atoms with Crippen molar-refractivity contribution in [1.82, 2.24) is 10.2 Å². The maximum Gasteiger partial charge on any atom is 0.247 e. The van der Waals surface area contributed by atoms with Gasteiger partial charge >= 0.3 is 0 Å². The molecule has 1 atom stereocenters. The van der Waals surface area contributed by atoms with Gasteiger partial charge in [0.15, 0.2) is 0 Å². The van der Waals surface area contributed by atoms with Gasteiger partial charge in [0.2, 0.25) is 11.8 Å². The molecule has 4 nitrogen and oxygen atoms in total. The van der Waals surface area contributed by atoms with Crippen LogP contribution in [-0.4, -0.2) is 17.3 Å². The van der Waals surface area contributed by atoms with Gasteiger partial charge in [-0.2, -0.15) is 0 Å². The van der Waals surface area contributed by atoms with Crippen molar-refractivity contribution in [3.8, 4) is 17.2 Å². The van der Waals surface area contributed by atoms with Crippen molar-refractivity contribution in [1.29, 1.82) is 0 Å². The monoisotopic (exact) mass is 348 g/mol. The summed E-state index contributed by atoms with van der Waals surface area (Å²) in [5, 5.41) is 7.76. The normalized spacial score (nSPS) is 12.2. The van der Waals surface area contributed by atoms with Crippen LogP contribution in [0.25, 0.3) is 11.5 Å². The highest BCUT2D eigenvalue weighted by atomic mass is 32.2. The molecule has 0 aliphatic carbocycles. The van der Waals surface area contributed by atoms with Crippen LogP contribution in [0, 0.1) is 11.6 Å². The van der Waals surface area contributed by atoms with Gasteiger partial charge in [-0.05, 0) is 43.3 Å². The van der Waals surface area contributed by atoms with Crippen molar-refractivity contribution in [3.63, 3.8) is 0 Å². The first-order valence-electron chi connectivity index (χ1n) is 7.16. The maximum atomic E-state index is 13.7. The molecule has 7 heteroatoms. The van der Waals surface area contributed by atoms with Gasteiger partial charge in [-0.3, -0.25) is 0 Å². The van der Waals surface area contributed by atoms with E-state index < -0.39 is 11.6 Å². The number of methoxy groups -OCH3 is 1. The molecule has 0 saturated carbocycles. The Morgan fingerprint density at radius 2 is 1.83 bits per heavy atom. The highest BCUT2D eigenvalue weighted by Gasteiger charge is 2.18. The molecule has 24 heavy (non-hydrogen) atoms. The lowest BCUT2D eigenvalue weighted by Gasteiger charge is -2.07. The van der Waals surface area contributed by atoms with E-state index in [9.17, 15) is 8.78 Å². The van der Waals surface area contributed by atoms with Gasteiger partial charge in [0.25, 0.3) is 0 Å². The van der Waals surface area contributed by atoms with E-state index in [4.69, 9.17) is 9.15 Å². The Morgan fingerprint density at radius 1 is 1.08 bits per heavy atom. The second kappa shape index (κ2) is 7.00. The lowest BCUT2D eigenvalue weighted by molar-refractivity contribution is 0.415. The summed E-state index contributed by atoms with van der Waals surface area (Å²) in [6.07, 6.45) is 0. The third kappa shape index (κ3) is 3.56. The van der Waals surface area contributed by atoms with E-state index in [1.165, 1.54) is 23.9 Å². The van der Waals surface area contributed by atoms with Gasteiger partial charge < -0.3 is 9.15 Å². The van der Waals surface area contributed by atoms with Crippen LogP contribution in [0.2, 0.25) is 0 Å². The van der Waals surface area contributed by atoms with Crippen molar-refractivity contribution in [3.05, 3.63) is 60.0 Å². The third-order valence-corrected chi connectivity index (χ3v) is 4.46. The fraction of sp³-hybridized carbons (Fsp3) is 0.176. The van der Waals surface area contributed by atoms with Gasteiger partial charge in [0.05, 0.1) is 12.4 Å². The Kier molecular flexibility index (Phi) is 4.80. The molecule has 0 spiro atoms. The number of ether oxygens (including phenoxy) is 1. The first-order chi connectivity index (χ1) is 11.6. The van der Waals surface area contributed by atoms with E-state index >= 15 is 0 Å². The van der Waals surface area contributed by atoms with Crippen LogP contribution >= 0.6 is 11.8 Å². The predicted octanol–water partition coefficient (Wildman–Crippen LogP) is 4.88. The average molecular weight is 348 g/mol. The maximum absolute atomic E-state index is 13.7. The molecule has 3 rings (SSSR count). The lowest BCUT2D eigenvalue weighted by Crippen LogP contribution is -1.91. The Labute approximate surface area is 141 Å². The zero-order valence-corrected chi connectivity index (χ0v) is 13.8. The number of hydrogen-bond donors (Lipinski definition) is 0. The minimum absolute atomic E-state index is 0.274. The van der Waals surface area contributed by atoms with Gasteiger partial charge in [-0.25, -0.2) is 8.78 Å². The summed E-state index contributed by atoms with van der Waals surface area (Å²) in [6, 6.07) is 10.7. The Hall–Kier alpha value is -2.41. The summed E-state index contributed by atoms with van der Waals surface area (Å²) in [4.78, 5) is 0.327. The predicted molar refractivity (Wildman–Crippen MR) is 86.9 cm³/mol. The Bertz CT molecular complexity index is 837. The lowest BCUT2D eigenvalue weighted by atomic mass is 10.2. The van der Waals surface area contributed by atoms with Crippen molar-refractivity contribution >= 4 is 11.8 Å². The van der Waals surface area contributed by atoms with Crippen molar-refractivity contribution in [2.75, 3.05) is 7.11 Å². The number of halogens is 2. The minimum atomic E-state index is -0.609. The fourth-order valence-electron chi connectivity index (χ4n) is 2.06. The van der Waals surface area contributed by atoms with Crippen LogP contribution < -0.4 is 4.74 Å². The summed E-state index contributed by atoms with van der Waals surface area (Å²) in [6.45, 7) is 1.82. The minimum Gasteiger partial charge on any atom is -0.497 e. The quantitative estimate of drug-likeness (QED) is 0.615. The molecule has 0 aliphatic rings. The molecule has 1 aromatic heterocycles. The summed E-state index contributed by atoms with van der Waals surface area (Å²) < 4.78 is 37.4. The van der Waals surface area contributed by atoms with Crippen molar-refractivity contribution in [2.24, 2.45) is 0 Å². The number of thioether (sulfide) groups is 1. The molecule has 0 saturated heterocycles. The van der Waals surface area contributed by atoms with E-state index in [-0.39, 0.29) is 5.25 Å². The topological polar surface area (TPSA) is 48.2 Å². The smallest absolute Gasteiger partial charge is 0.247 e. The van der Waals surface area contributed by atoms with Crippen LogP contribution in [-0.2, 0) is 0 Å². The van der Waals surface area contributed by atoms with Gasteiger partial charge in [-0.1, -0.05) is 0 Å². The molecular weight excluding hydrogens is 334 g/mol. The van der Waals surface area contributed by atoms with Crippen molar-refractivity contribution < 1.29 is 17.9 Å². The molecule has 0 aliphatic heterocycles. The molecule has 0 amide bonds. The molecule has 3 aromatic rings. The van der Waals surface area contributed by atoms with E-state index in [1.807, 2.05) is 19.1 Å². The summed E-state index contributed by atoms with van der Waals surface area (Å²) in [5.41, 5.74) is 0.764. The van der Waals surface area contributed by atoms with E-state index in [1.54, 1.807) is 19.2 Å². The summed E-state index contributed by atoms with van der Waals surface area (Å²) in [7, 11) is 1.59. The molecule has 2 aromatic carbocycles. The first kappa shape index (κ1) is 16.4. The van der Waals surface area contributed by atoms with Gasteiger partial charge in [0, 0.05) is 16.5 Å². The second-order valence-corrected chi connectivity index (χ2v) is 6.39. The molecule has 124 valence electrons. The molecule has 0 bridgehead atoms. The van der Waals surface area contributed by atoms with Crippen LogP contribution in [0.15, 0.2) is 51.8 Å². The molecular formula is C17H14F2N2O2S. The van der Waals surface area contributed by atoms with E-state index in [2.05, 4.69) is 10.2 Å². The summed E-state index contributed by atoms with van der Waals surface area (Å²) in [5.74, 6) is 0.259. The average Bonchev–Trinajstić information content (AvgIpc) is 3.07. The SMILES string of the molecule is COc1ccc(-c2nnc([C@@H](C)Sc3ccc(F)cc3F)o2)cc1. The largest absolute Gasteiger partial charge is 0.497 e. The van der Waals surface area contributed by atoms with Crippen LogP contribution in [0.5, 0.6) is 5.75 Å². The molecule has 0 fully saturated rings. The van der Waals surface area contributed by atoms with Crippen LogP contribution in [0.4, 0.5) is 8.78 Å². The second-order valence-electron chi connectivity index (χ2n) is 5.01. The molecule has 0 radical (unpaired) electrons. The van der Waals surface area contributed by atoms with Crippen LogP contribution in [0.1, 0.15) is 18.1 Å². The number of hydrogen-bond acceptors (Lipinski definition) is 5. The highest BCUT2D eigenvalue weighted by Crippen LogP contribution is 2.36. The molecule has 1 heterocycles. The third-order valence-electron chi connectivity index (χ3n) is 3.32. The number of benzene rings is 2. The standard InChI is InChI=1S/C17H14F2N2O2S/c1-10(24-15-8-5-12(18)9-14(15)19)16-20-21-17(23-16)11-3-6-13(22-2)7-4-11/h3-10H,1-2H3/t10-/m1/s1. The number of rotatable bonds is 5. The van der Waals surface area contributed by atoms with Gasteiger partial charge in [-0.15, -0.1) is 22.0 Å². The van der Waals surface area contributed by atoms with Crippen LogP contribution in [0.3, 0.4) is 0 Å². The fourth-order valence-corrected chi connectivity index (χ4v) is 2.96. The zero-order chi connectivity index (χ0) is 17.1. The van der Waals surface area contributed by atoms with Crippen molar-refractivity contribution in [2.45, 2.75) is 17.1 Å². The molecule has 0 unspecified atom stereocenters. The molecule has 0 N–H and O–H groups in total. The summed E-state index contributed by atoms with van der Waals surface area (Å²) >= 11 is 1.19. The Balaban J connectivity index is 1.76. The zero-order valence-electron chi connectivity index (χ0n) is 13.0. The van der Waals surface area contributed by atoms with E-state index in [0.29, 0.717) is 16.7 Å². The highest BCUT2D eigenvalue weighted by molar-refractivity contribution is 7.99. The van der Waals surface area contributed by atoms with Gasteiger partial charge in [0.1, 0.15) is 17.4 Å². The number of aromatic nitrogens is 2. The Morgan fingerprint density at radius 3 is 2.50 bits per heavy atom.